The molecule has 2 aromatic carbocycles. The van der Waals surface area contributed by atoms with Gasteiger partial charge in [0.15, 0.2) is 0 Å². The van der Waals surface area contributed by atoms with Gasteiger partial charge in [-0.05, 0) is 60.5 Å². The van der Waals surface area contributed by atoms with Gasteiger partial charge in [0, 0.05) is 43.3 Å². The highest BCUT2D eigenvalue weighted by atomic mass is 19.1. The monoisotopic (exact) mass is 475 g/mol. The Bertz CT molecular complexity index is 1370. The van der Waals surface area contributed by atoms with E-state index in [0.717, 1.165) is 11.6 Å². The summed E-state index contributed by atoms with van der Waals surface area (Å²) in [6.07, 6.45) is 4.04. The molecule has 0 atom stereocenters. The molecule has 0 radical (unpaired) electrons. The minimum atomic E-state index is -0.719. The smallest absolute Gasteiger partial charge is 0.255 e. The highest BCUT2D eigenvalue weighted by Crippen LogP contribution is 2.35. The van der Waals surface area contributed by atoms with E-state index in [4.69, 9.17) is 5.73 Å². The number of aromatic nitrogens is 2. The molecule has 7 nitrogen and oxygen atoms in total. The van der Waals surface area contributed by atoms with Crippen LogP contribution in [0.2, 0.25) is 0 Å². The van der Waals surface area contributed by atoms with Crippen LogP contribution in [0.5, 0.6) is 5.75 Å². The Morgan fingerprint density at radius 3 is 2.66 bits per heavy atom. The molecular weight excluding hydrogens is 452 g/mol. The number of carbonyl (C=O) groups excluding carboxylic acids is 1. The van der Waals surface area contributed by atoms with Crippen LogP contribution in [0.4, 0.5) is 26.0 Å². The van der Waals surface area contributed by atoms with Crippen molar-refractivity contribution in [1.82, 2.24) is 15.3 Å². The topological polar surface area (TPSA) is 104 Å². The summed E-state index contributed by atoms with van der Waals surface area (Å²) in [6, 6.07) is 14.8. The van der Waals surface area contributed by atoms with E-state index in [2.05, 4.69) is 15.3 Å². The number of hydrogen-bond acceptors (Lipinski definition) is 6. The summed E-state index contributed by atoms with van der Waals surface area (Å²) in [6.45, 7) is 0.404. The number of nitrogens with zero attached hydrogens (tertiary/aromatic N) is 3. The zero-order chi connectivity index (χ0) is 24.9. The number of nitrogens with one attached hydrogen (secondary N) is 1. The normalized spacial score (nSPS) is 10.7. The summed E-state index contributed by atoms with van der Waals surface area (Å²) < 4.78 is 27.5. The first kappa shape index (κ1) is 23.6. The van der Waals surface area contributed by atoms with Crippen molar-refractivity contribution in [3.05, 3.63) is 95.8 Å². The van der Waals surface area contributed by atoms with Crippen LogP contribution >= 0.6 is 0 Å². The second-order valence-electron chi connectivity index (χ2n) is 7.85. The fraction of sp³-hybridized carbons (Fsp3) is 0.115. The van der Waals surface area contributed by atoms with Crippen molar-refractivity contribution >= 4 is 23.1 Å². The molecule has 4 rings (SSSR count). The highest BCUT2D eigenvalue weighted by molar-refractivity contribution is 5.98. The van der Waals surface area contributed by atoms with Crippen molar-refractivity contribution in [2.24, 2.45) is 0 Å². The summed E-state index contributed by atoms with van der Waals surface area (Å²) in [5.74, 6) is -1.82. The van der Waals surface area contributed by atoms with E-state index in [1.807, 2.05) is 12.1 Å². The third kappa shape index (κ3) is 5.35. The highest BCUT2D eigenvalue weighted by Gasteiger charge is 2.16. The fourth-order valence-electron chi connectivity index (χ4n) is 3.61. The van der Waals surface area contributed by atoms with Gasteiger partial charge in [0.2, 0.25) is 0 Å². The maximum Gasteiger partial charge on any atom is 0.255 e. The van der Waals surface area contributed by atoms with Gasteiger partial charge in [0.1, 0.15) is 23.2 Å². The molecule has 0 saturated heterocycles. The average Bonchev–Trinajstić information content (AvgIpc) is 2.84. The minimum absolute atomic E-state index is 0.00381. The average molecular weight is 475 g/mol. The fourth-order valence-corrected chi connectivity index (χ4v) is 3.61. The molecule has 0 saturated carbocycles. The van der Waals surface area contributed by atoms with Crippen molar-refractivity contribution in [1.29, 1.82) is 0 Å². The van der Waals surface area contributed by atoms with Gasteiger partial charge in [-0.2, -0.15) is 0 Å². The van der Waals surface area contributed by atoms with E-state index in [9.17, 15) is 18.7 Å². The Balaban J connectivity index is 1.53. The summed E-state index contributed by atoms with van der Waals surface area (Å²) >= 11 is 0. The summed E-state index contributed by atoms with van der Waals surface area (Å²) in [5.41, 5.74) is 8.63. The molecule has 0 aliphatic heterocycles. The molecule has 0 spiro atoms. The van der Waals surface area contributed by atoms with Crippen LogP contribution < -0.4 is 16.0 Å². The van der Waals surface area contributed by atoms with Gasteiger partial charge in [-0.25, -0.2) is 13.8 Å². The second-order valence-corrected chi connectivity index (χ2v) is 7.85. The number of phenols is 1. The van der Waals surface area contributed by atoms with Crippen LogP contribution in [-0.2, 0) is 6.42 Å². The minimum Gasteiger partial charge on any atom is -0.507 e. The summed E-state index contributed by atoms with van der Waals surface area (Å²) in [4.78, 5) is 22.4. The van der Waals surface area contributed by atoms with Crippen molar-refractivity contribution in [2.75, 3.05) is 24.2 Å². The lowest BCUT2D eigenvalue weighted by molar-refractivity contribution is 0.0954. The first-order valence-electron chi connectivity index (χ1n) is 10.8. The van der Waals surface area contributed by atoms with Crippen LogP contribution in [-0.4, -0.2) is 34.6 Å². The Labute approximate surface area is 200 Å². The number of amides is 1. The van der Waals surface area contributed by atoms with E-state index < -0.39 is 11.6 Å². The number of phenolic OH excluding ortho intramolecular Hbond substituents is 1. The Hall–Kier alpha value is -4.53. The molecule has 178 valence electrons. The van der Waals surface area contributed by atoms with Crippen molar-refractivity contribution in [3.8, 4) is 17.0 Å². The Morgan fingerprint density at radius 2 is 1.94 bits per heavy atom. The Kier molecular flexibility index (Phi) is 6.86. The summed E-state index contributed by atoms with van der Waals surface area (Å²) in [5, 5.41) is 13.2. The Morgan fingerprint density at radius 1 is 1.11 bits per heavy atom. The number of anilines is 3. The summed E-state index contributed by atoms with van der Waals surface area (Å²) in [7, 11) is 1.62. The molecule has 4 N–H and O–H groups in total. The molecule has 35 heavy (non-hydrogen) atoms. The van der Waals surface area contributed by atoms with Crippen molar-refractivity contribution < 1.29 is 18.7 Å². The van der Waals surface area contributed by atoms with Crippen molar-refractivity contribution in [3.63, 3.8) is 0 Å². The van der Waals surface area contributed by atoms with E-state index in [0.29, 0.717) is 29.9 Å². The number of rotatable bonds is 7. The van der Waals surface area contributed by atoms with Crippen LogP contribution in [0.15, 0.2) is 73.1 Å². The lowest BCUT2D eigenvalue weighted by Crippen LogP contribution is -2.26. The van der Waals surface area contributed by atoms with Crippen LogP contribution in [0.25, 0.3) is 11.3 Å². The number of aromatic hydroxyl groups is 1. The van der Waals surface area contributed by atoms with Crippen molar-refractivity contribution in [2.45, 2.75) is 6.42 Å². The molecule has 2 aromatic heterocycles. The van der Waals surface area contributed by atoms with Gasteiger partial charge in [0.25, 0.3) is 5.91 Å². The maximum absolute atomic E-state index is 14.2. The number of carbonyl (C=O) groups is 1. The van der Waals surface area contributed by atoms with Gasteiger partial charge < -0.3 is 21.1 Å². The van der Waals surface area contributed by atoms with E-state index in [1.165, 1.54) is 29.2 Å². The number of hydrogen-bond donors (Lipinski definition) is 3. The van der Waals surface area contributed by atoms with Crippen LogP contribution in [0.1, 0.15) is 15.9 Å². The van der Waals surface area contributed by atoms with E-state index in [1.54, 1.807) is 37.6 Å². The molecular formula is C26H23F2N5O2. The van der Waals surface area contributed by atoms with Crippen LogP contribution in [0, 0.1) is 11.6 Å². The third-order valence-corrected chi connectivity index (χ3v) is 5.51. The van der Waals surface area contributed by atoms with Crippen LogP contribution in [0.3, 0.4) is 0 Å². The number of nitrogen functional groups attached to an aromatic ring is 1. The first-order chi connectivity index (χ1) is 16.8. The number of benzene rings is 2. The molecule has 0 bridgehead atoms. The molecule has 9 heteroatoms. The standard InChI is InChI=1S/C26H23F2N5O2/c1-33(23-8-4-17(27)13-21(23)28)18-5-9-24(34)20(14-18)22-7-6-19(25(29)32-22)26(35)31-12-10-16-3-2-11-30-15-16/h2-9,11,13-15,34H,10,12H2,1H3,(H2,29,32)(H,31,35). The van der Waals surface area contributed by atoms with Gasteiger partial charge in [-0.15, -0.1) is 0 Å². The molecule has 4 aromatic rings. The molecule has 0 aliphatic carbocycles. The second kappa shape index (κ2) is 10.2. The number of pyridine rings is 2. The molecule has 0 fully saturated rings. The third-order valence-electron chi connectivity index (χ3n) is 5.51. The van der Waals surface area contributed by atoms with E-state index >= 15 is 0 Å². The lowest BCUT2D eigenvalue weighted by atomic mass is 10.1. The first-order valence-corrected chi connectivity index (χ1v) is 10.8. The van der Waals surface area contributed by atoms with E-state index in [-0.39, 0.29) is 28.7 Å². The van der Waals surface area contributed by atoms with Gasteiger partial charge in [-0.3, -0.25) is 9.78 Å². The molecule has 1 amide bonds. The number of nitrogens with two attached hydrogens (primary N) is 1. The lowest BCUT2D eigenvalue weighted by Gasteiger charge is -2.21. The predicted octanol–water partition coefficient (Wildman–Crippen LogP) is 4.45. The largest absolute Gasteiger partial charge is 0.507 e. The van der Waals surface area contributed by atoms with Gasteiger partial charge >= 0.3 is 0 Å². The molecule has 2 heterocycles. The van der Waals surface area contributed by atoms with Gasteiger partial charge in [0.05, 0.1) is 16.9 Å². The maximum atomic E-state index is 14.2. The number of halogens is 2. The zero-order valence-corrected chi connectivity index (χ0v) is 18.9. The van der Waals surface area contributed by atoms with Gasteiger partial charge in [-0.1, -0.05) is 6.07 Å². The quantitative estimate of drug-likeness (QED) is 0.365. The zero-order valence-electron chi connectivity index (χ0n) is 18.9. The predicted molar refractivity (Wildman–Crippen MR) is 130 cm³/mol. The SMILES string of the molecule is CN(c1ccc(O)c(-c2ccc(C(=O)NCCc3cccnc3)c(N)n2)c1)c1ccc(F)cc1F. The molecule has 0 unspecified atom stereocenters. The molecule has 0 aliphatic rings.